The van der Waals surface area contributed by atoms with Crippen LogP contribution in [-0.4, -0.2) is 28.4 Å². The van der Waals surface area contributed by atoms with E-state index in [2.05, 4.69) is 10.1 Å². The van der Waals surface area contributed by atoms with Gasteiger partial charge in [-0.25, -0.2) is 4.98 Å². The number of ether oxygens (including phenoxy) is 1. The number of thioether (sulfide) groups is 1. The second kappa shape index (κ2) is 7.75. The second-order valence-electron chi connectivity index (χ2n) is 4.02. The molecule has 21 heavy (non-hydrogen) atoms. The number of aromatic nitrogens is 1. The van der Waals surface area contributed by atoms with E-state index < -0.39 is 0 Å². The van der Waals surface area contributed by atoms with Crippen LogP contribution in [0.4, 0.5) is 0 Å². The molecule has 3 N–H and O–H groups in total. The third kappa shape index (κ3) is 4.84. The van der Waals surface area contributed by atoms with E-state index in [0.29, 0.717) is 17.2 Å². The molecular formula is C14H14ClN3O2S. The molecule has 0 spiro atoms. The van der Waals surface area contributed by atoms with Crippen LogP contribution in [-0.2, 0) is 0 Å². The molecule has 0 radical (unpaired) electrons. The fourth-order valence-corrected chi connectivity index (χ4v) is 2.31. The third-order valence-electron chi connectivity index (χ3n) is 2.56. The Balaban J connectivity index is 1.77. The number of pyridine rings is 1. The highest BCUT2D eigenvalue weighted by Gasteiger charge is 2.00. The van der Waals surface area contributed by atoms with Crippen LogP contribution in [0.2, 0.25) is 5.02 Å². The Morgan fingerprint density at radius 3 is 2.67 bits per heavy atom. The first-order chi connectivity index (χ1) is 10.2. The quantitative estimate of drug-likeness (QED) is 0.213. The van der Waals surface area contributed by atoms with Crippen molar-refractivity contribution in [2.24, 2.45) is 10.9 Å². The fraction of sp³-hybridized carbons (Fsp3) is 0.143. The molecule has 0 unspecified atom stereocenters. The van der Waals surface area contributed by atoms with Gasteiger partial charge < -0.3 is 15.7 Å². The number of nitrogens with zero attached hydrogens (tertiary/aromatic N) is 2. The summed E-state index contributed by atoms with van der Waals surface area (Å²) in [6.45, 7) is 0.553. The van der Waals surface area contributed by atoms with Crippen LogP contribution in [0, 0.1) is 0 Å². The van der Waals surface area contributed by atoms with Crippen LogP contribution in [0.3, 0.4) is 0 Å². The SMILES string of the molecule is NC(=NO)c1ccc(OCCSc2ccc(Cl)cn2)cc1. The maximum absolute atomic E-state index is 8.57. The standard InChI is InChI=1S/C14H14ClN3O2S/c15-11-3-6-13(17-9-11)21-8-7-20-12-4-1-10(2-5-12)14(16)18-19/h1-6,9,19H,7-8H2,(H2,16,18). The minimum Gasteiger partial charge on any atom is -0.493 e. The summed E-state index contributed by atoms with van der Waals surface area (Å²) in [4.78, 5) is 4.19. The number of halogens is 1. The van der Waals surface area contributed by atoms with Gasteiger partial charge in [-0.3, -0.25) is 0 Å². The molecule has 0 aliphatic carbocycles. The van der Waals surface area contributed by atoms with Gasteiger partial charge in [0, 0.05) is 17.5 Å². The van der Waals surface area contributed by atoms with E-state index in [1.54, 1.807) is 42.2 Å². The van der Waals surface area contributed by atoms with Gasteiger partial charge in [0.2, 0.25) is 0 Å². The van der Waals surface area contributed by atoms with Gasteiger partial charge in [0.25, 0.3) is 0 Å². The number of rotatable bonds is 6. The molecular weight excluding hydrogens is 310 g/mol. The van der Waals surface area contributed by atoms with Crippen molar-refractivity contribution in [2.75, 3.05) is 12.4 Å². The van der Waals surface area contributed by atoms with Gasteiger partial charge in [0.15, 0.2) is 5.84 Å². The maximum atomic E-state index is 8.57. The Labute approximate surface area is 131 Å². The highest BCUT2D eigenvalue weighted by molar-refractivity contribution is 7.99. The topological polar surface area (TPSA) is 80.7 Å². The van der Waals surface area contributed by atoms with Crippen molar-refractivity contribution in [1.29, 1.82) is 0 Å². The largest absolute Gasteiger partial charge is 0.493 e. The number of benzene rings is 1. The average molecular weight is 324 g/mol. The first-order valence-corrected chi connectivity index (χ1v) is 7.50. The van der Waals surface area contributed by atoms with Crippen molar-refractivity contribution in [3.63, 3.8) is 0 Å². The van der Waals surface area contributed by atoms with Gasteiger partial charge in [-0.1, -0.05) is 16.8 Å². The predicted molar refractivity (Wildman–Crippen MR) is 84.4 cm³/mol. The van der Waals surface area contributed by atoms with Crippen LogP contribution in [0.15, 0.2) is 52.8 Å². The van der Waals surface area contributed by atoms with Crippen molar-refractivity contribution >= 4 is 29.2 Å². The molecule has 0 atom stereocenters. The Morgan fingerprint density at radius 1 is 1.29 bits per heavy atom. The molecule has 1 aromatic heterocycles. The Morgan fingerprint density at radius 2 is 2.05 bits per heavy atom. The first-order valence-electron chi connectivity index (χ1n) is 6.14. The molecule has 5 nitrogen and oxygen atoms in total. The lowest BCUT2D eigenvalue weighted by Gasteiger charge is -2.06. The molecule has 0 fully saturated rings. The monoisotopic (exact) mass is 323 g/mol. The molecule has 2 aromatic rings. The zero-order valence-corrected chi connectivity index (χ0v) is 12.6. The molecule has 0 bridgehead atoms. The van der Waals surface area contributed by atoms with Crippen molar-refractivity contribution in [1.82, 2.24) is 4.98 Å². The van der Waals surface area contributed by atoms with Gasteiger partial charge in [-0.15, -0.1) is 11.8 Å². The highest BCUT2D eigenvalue weighted by atomic mass is 35.5. The number of hydrogen-bond donors (Lipinski definition) is 2. The van der Waals surface area contributed by atoms with Gasteiger partial charge in [0.1, 0.15) is 5.75 Å². The van der Waals surface area contributed by atoms with Gasteiger partial charge in [0.05, 0.1) is 16.7 Å². The number of oxime groups is 1. The second-order valence-corrected chi connectivity index (χ2v) is 5.57. The fourth-order valence-electron chi connectivity index (χ4n) is 1.53. The molecule has 1 aromatic carbocycles. The smallest absolute Gasteiger partial charge is 0.170 e. The summed E-state index contributed by atoms with van der Waals surface area (Å²) in [5.74, 6) is 1.58. The third-order valence-corrected chi connectivity index (χ3v) is 3.69. The zero-order valence-electron chi connectivity index (χ0n) is 11.1. The molecule has 0 saturated heterocycles. The summed E-state index contributed by atoms with van der Waals surface area (Å²) in [5.41, 5.74) is 6.12. The summed E-state index contributed by atoms with van der Waals surface area (Å²) in [7, 11) is 0. The summed E-state index contributed by atoms with van der Waals surface area (Å²) in [6, 6.07) is 10.7. The summed E-state index contributed by atoms with van der Waals surface area (Å²) in [5, 5.41) is 13.0. The van der Waals surface area contributed by atoms with E-state index >= 15 is 0 Å². The molecule has 110 valence electrons. The van der Waals surface area contributed by atoms with E-state index in [0.717, 1.165) is 16.5 Å². The van der Waals surface area contributed by atoms with Crippen molar-refractivity contribution in [3.05, 3.63) is 53.2 Å². The van der Waals surface area contributed by atoms with E-state index in [1.165, 1.54) is 0 Å². The Hall–Kier alpha value is -1.92. The predicted octanol–water partition coefficient (Wildman–Crippen LogP) is 3.00. The molecule has 0 saturated carbocycles. The van der Waals surface area contributed by atoms with Crippen molar-refractivity contribution in [2.45, 2.75) is 5.03 Å². The van der Waals surface area contributed by atoms with E-state index in [1.807, 2.05) is 12.1 Å². The maximum Gasteiger partial charge on any atom is 0.170 e. The van der Waals surface area contributed by atoms with Crippen LogP contribution < -0.4 is 10.5 Å². The van der Waals surface area contributed by atoms with Gasteiger partial charge >= 0.3 is 0 Å². The average Bonchev–Trinajstić information content (AvgIpc) is 2.53. The highest BCUT2D eigenvalue weighted by Crippen LogP contribution is 2.18. The van der Waals surface area contributed by atoms with Gasteiger partial charge in [-0.05, 0) is 36.4 Å². The van der Waals surface area contributed by atoms with Crippen molar-refractivity contribution < 1.29 is 9.94 Å². The van der Waals surface area contributed by atoms with E-state index in [-0.39, 0.29) is 5.84 Å². The molecule has 0 amide bonds. The summed E-state index contributed by atoms with van der Waals surface area (Å²) >= 11 is 7.36. The Bertz CT molecular complexity index is 603. The normalized spacial score (nSPS) is 11.4. The van der Waals surface area contributed by atoms with Gasteiger partial charge in [-0.2, -0.15) is 0 Å². The summed E-state index contributed by atoms with van der Waals surface area (Å²) < 4.78 is 5.60. The molecule has 2 rings (SSSR count). The van der Waals surface area contributed by atoms with E-state index in [9.17, 15) is 0 Å². The van der Waals surface area contributed by atoms with Crippen LogP contribution >= 0.6 is 23.4 Å². The minimum absolute atomic E-state index is 0.0749. The summed E-state index contributed by atoms with van der Waals surface area (Å²) in [6.07, 6.45) is 1.62. The lowest BCUT2D eigenvalue weighted by Crippen LogP contribution is -2.12. The van der Waals surface area contributed by atoms with Crippen molar-refractivity contribution in [3.8, 4) is 5.75 Å². The molecule has 0 aliphatic heterocycles. The molecule has 7 heteroatoms. The molecule has 0 aliphatic rings. The number of hydrogen-bond acceptors (Lipinski definition) is 5. The van der Waals surface area contributed by atoms with Crippen LogP contribution in [0.1, 0.15) is 5.56 Å². The Kier molecular flexibility index (Phi) is 5.71. The lowest BCUT2D eigenvalue weighted by atomic mass is 10.2. The van der Waals surface area contributed by atoms with Crippen LogP contribution in [0.25, 0.3) is 0 Å². The van der Waals surface area contributed by atoms with Crippen LogP contribution in [0.5, 0.6) is 5.75 Å². The lowest BCUT2D eigenvalue weighted by molar-refractivity contribution is 0.318. The van der Waals surface area contributed by atoms with E-state index in [4.69, 9.17) is 27.3 Å². The zero-order chi connectivity index (χ0) is 15.1. The minimum atomic E-state index is 0.0749. The molecule has 1 heterocycles. The number of amidine groups is 1. The first kappa shape index (κ1) is 15.5. The number of nitrogens with two attached hydrogens (primary N) is 1.